The van der Waals surface area contributed by atoms with Crippen LogP contribution in [0.1, 0.15) is 37.9 Å². The van der Waals surface area contributed by atoms with Crippen molar-refractivity contribution >= 4 is 29.2 Å². The second-order valence-corrected chi connectivity index (χ2v) is 8.62. The summed E-state index contributed by atoms with van der Waals surface area (Å²) >= 11 is 12.1. The van der Waals surface area contributed by atoms with E-state index in [0.717, 1.165) is 11.1 Å². The predicted molar refractivity (Wildman–Crippen MR) is 114 cm³/mol. The third kappa shape index (κ3) is 4.84. The zero-order valence-electron chi connectivity index (χ0n) is 16.3. The highest BCUT2D eigenvalue weighted by Gasteiger charge is 2.33. The normalized spacial score (nSPS) is 16.7. The Morgan fingerprint density at radius 3 is 2.41 bits per heavy atom. The van der Waals surface area contributed by atoms with E-state index in [1.165, 1.54) is 0 Å². The monoisotopic (exact) mass is 429 g/mol. The second-order valence-electron chi connectivity index (χ2n) is 7.78. The van der Waals surface area contributed by atoms with E-state index < -0.39 is 6.04 Å². The summed E-state index contributed by atoms with van der Waals surface area (Å²) in [6.07, 6.45) is 0. The van der Waals surface area contributed by atoms with Crippen LogP contribution in [0, 0.1) is 16.7 Å². The zero-order chi connectivity index (χ0) is 21.2. The van der Waals surface area contributed by atoms with Crippen LogP contribution in [0.25, 0.3) is 0 Å². The van der Waals surface area contributed by atoms with Crippen LogP contribution < -0.4 is 15.4 Å². The fourth-order valence-electron chi connectivity index (χ4n) is 3.08. The number of carbonyl (C=O) groups is 1. The van der Waals surface area contributed by atoms with Crippen LogP contribution in [0.15, 0.2) is 53.7 Å². The van der Waals surface area contributed by atoms with Gasteiger partial charge in [-0.2, -0.15) is 5.26 Å². The third-order valence-electron chi connectivity index (χ3n) is 4.57. The van der Waals surface area contributed by atoms with Crippen molar-refractivity contribution in [1.82, 2.24) is 10.6 Å². The highest BCUT2D eigenvalue weighted by atomic mass is 35.5. The lowest BCUT2D eigenvalue weighted by atomic mass is 9.84. The molecule has 150 valence electrons. The number of hydrogen-bond acceptors (Lipinski definition) is 3. The first-order chi connectivity index (χ1) is 13.7. The standard InChI is InChI=1S/C22H21Cl2N3O2/c1-22(2,3)20-17(11-25)19(26-21(28)27-20)13-5-8-16(9-6-13)29-12-14-4-7-15(23)10-18(14)24/h4-10,19H,12H2,1-3H3,(H2,26,27,28)/t19-/m1/s1. The quantitative estimate of drug-likeness (QED) is 0.649. The number of halogens is 2. The number of ether oxygens (including phenoxy) is 1. The first kappa shape index (κ1) is 21.0. The second kappa shape index (κ2) is 8.36. The number of nitrogens with one attached hydrogen (secondary N) is 2. The Labute approximate surface area is 180 Å². The summed E-state index contributed by atoms with van der Waals surface area (Å²) in [5.41, 5.74) is 2.40. The van der Waals surface area contributed by atoms with Crippen LogP contribution >= 0.6 is 23.2 Å². The molecule has 0 spiro atoms. The SMILES string of the molecule is CC(C)(C)C1=C(C#N)[C@@H](c2ccc(OCc3ccc(Cl)cc3Cl)cc2)NC(=O)N1. The molecular formula is C22H21Cl2N3O2. The molecule has 1 atom stereocenters. The van der Waals surface area contributed by atoms with Crippen LogP contribution in [0.2, 0.25) is 10.0 Å². The molecule has 2 amide bonds. The summed E-state index contributed by atoms with van der Waals surface area (Å²) in [6.45, 7) is 6.18. The van der Waals surface area contributed by atoms with Gasteiger partial charge in [0.2, 0.25) is 0 Å². The van der Waals surface area contributed by atoms with Crippen LogP contribution in [-0.4, -0.2) is 6.03 Å². The fraction of sp³-hybridized carbons (Fsp3) is 0.273. The van der Waals surface area contributed by atoms with Gasteiger partial charge in [0.25, 0.3) is 0 Å². The number of carbonyl (C=O) groups excluding carboxylic acids is 1. The highest BCUT2D eigenvalue weighted by molar-refractivity contribution is 6.35. The summed E-state index contributed by atoms with van der Waals surface area (Å²) in [5, 5.41) is 16.4. The van der Waals surface area contributed by atoms with Crippen molar-refractivity contribution in [2.45, 2.75) is 33.4 Å². The molecule has 5 nitrogen and oxygen atoms in total. The summed E-state index contributed by atoms with van der Waals surface area (Å²) < 4.78 is 5.80. The number of nitrogens with zero attached hydrogens (tertiary/aromatic N) is 1. The summed E-state index contributed by atoms with van der Waals surface area (Å²) in [7, 11) is 0. The first-order valence-electron chi connectivity index (χ1n) is 9.08. The molecule has 0 unspecified atom stereocenters. The molecule has 1 aliphatic rings. The Bertz CT molecular complexity index is 1000. The first-order valence-corrected chi connectivity index (χ1v) is 9.83. The smallest absolute Gasteiger partial charge is 0.319 e. The molecule has 29 heavy (non-hydrogen) atoms. The van der Waals surface area contributed by atoms with Gasteiger partial charge in [0, 0.05) is 26.7 Å². The molecule has 7 heteroatoms. The Morgan fingerprint density at radius 2 is 1.83 bits per heavy atom. The zero-order valence-corrected chi connectivity index (χ0v) is 17.9. The minimum atomic E-state index is -0.511. The Hall–Kier alpha value is -2.68. The van der Waals surface area contributed by atoms with Crippen LogP contribution in [0.4, 0.5) is 4.79 Å². The van der Waals surface area contributed by atoms with Crippen molar-refractivity contribution < 1.29 is 9.53 Å². The number of urea groups is 1. The van der Waals surface area contributed by atoms with Crippen molar-refractivity contribution in [2.24, 2.45) is 5.41 Å². The van der Waals surface area contributed by atoms with Crippen molar-refractivity contribution in [1.29, 1.82) is 5.26 Å². The molecular weight excluding hydrogens is 409 g/mol. The Balaban J connectivity index is 1.80. The lowest BCUT2D eigenvalue weighted by molar-refractivity contribution is 0.235. The molecule has 0 aliphatic carbocycles. The minimum Gasteiger partial charge on any atom is -0.489 e. The van der Waals surface area contributed by atoms with Gasteiger partial charge in [0.15, 0.2) is 0 Å². The van der Waals surface area contributed by atoms with E-state index in [4.69, 9.17) is 27.9 Å². The van der Waals surface area contributed by atoms with Crippen LogP contribution in [0.3, 0.4) is 0 Å². The molecule has 0 fully saturated rings. The molecule has 0 radical (unpaired) electrons. The molecule has 2 N–H and O–H groups in total. The Morgan fingerprint density at radius 1 is 1.14 bits per heavy atom. The van der Waals surface area contributed by atoms with Crippen LogP contribution in [-0.2, 0) is 6.61 Å². The topological polar surface area (TPSA) is 74.1 Å². The van der Waals surface area contributed by atoms with E-state index in [1.807, 2.05) is 39.0 Å². The lowest BCUT2D eigenvalue weighted by Gasteiger charge is -2.33. The average Bonchev–Trinajstić information content (AvgIpc) is 2.66. The maximum Gasteiger partial charge on any atom is 0.319 e. The van der Waals surface area contributed by atoms with Gasteiger partial charge >= 0.3 is 6.03 Å². The van der Waals surface area contributed by atoms with Crippen molar-refractivity contribution in [3.05, 3.63) is 74.9 Å². The molecule has 2 aromatic carbocycles. The number of benzene rings is 2. The van der Waals surface area contributed by atoms with Gasteiger partial charge in [-0.25, -0.2) is 4.79 Å². The molecule has 3 rings (SSSR count). The largest absolute Gasteiger partial charge is 0.489 e. The number of hydrogen-bond donors (Lipinski definition) is 2. The summed E-state index contributed by atoms with van der Waals surface area (Å²) in [4.78, 5) is 12.1. The highest BCUT2D eigenvalue weighted by Crippen LogP contribution is 2.35. The number of rotatable bonds is 4. The summed E-state index contributed by atoms with van der Waals surface area (Å²) in [6, 6.07) is 14.0. The Kier molecular flexibility index (Phi) is 6.07. The van der Waals surface area contributed by atoms with E-state index in [0.29, 0.717) is 33.7 Å². The minimum absolute atomic E-state index is 0.303. The third-order valence-corrected chi connectivity index (χ3v) is 5.15. The maximum atomic E-state index is 12.1. The molecule has 0 bridgehead atoms. The van der Waals surface area contributed by atoms with E-state index in [1.54, 1.807) is 24.3 Å². The van der Waals surface area contributed by atoms with Gasteiger partial charge in [-0.05, 0) is 29.8 Å². The number of allylic oxidation sites excluding steroid dienone is 1. The number of amides is 2. The van der Waals surface area contributed by atoms with E-state index in [2.05, 4.69) is 16.7 Å². The van der Waals surface area contributed by atoms with Gasteiger partial charge in [0.05, 0.1) is 17.7 Å². The molecule has 2 aromatic rings. The summed E-state index contributed by atoms with van der Waals surface area (Å²) in [5.74, 6) is 0.651. The number of nitriles is 1. The van der Waals surface area contributed by atoms with Crippen molar-refractivity contribution in [3.63, 3.8) is 0 Å². The van der Waals surface area contributed by atoms with E-state index >= 15 is 0 Å². The van der Waals surface area contributed by atoms with Crippen molar-refractivity contribution in [2.75, 3.05) is 0 Å². The molecule has 0 aromatic heterocycles. The van der Waals surface area contributed by atoms with Gasteiger partial charge in [-0.1, -0.05) is 62.2 Å². The van der Waals surface area contributed by atoms with Gasteiger partial charge in [-0.3, -0.25) is 0 Å². The van der Waals surface area contributed by atoms with Gasteiger partial charge in [-0.15, -0.1) is 0 Å². The van der Waals surface area contributed by atoms with Crippen molar-refractivity contribution in [3.8, 4) is 11.8 Å². The average molecular weight is 430 g/mol. The molecule has 1 heterocycles. The molecule has 1 aliphatic heterocycles. The van der Waals surface area contributed by atoms with Gasteiger partial charge < -0.3 is 15.4 Å². The van der Waals surface area contributed by atoms with Crippen LogP contribution in [0.5, 0.6) is 5.75 Å². The predicted octanol–water partition coefficient (Wildman–Crippen LogP) is 5.75. The molecule has 0 saturated heterocycles. The molecule has 0 saturated carbocycles. The maximum absolute atomic E-state index is 12.1. The lowest BCUT2D eigenvalue weighted by Crippen LogP contribution is -2.46. The fourth-order valence-corrected chi connectivity index (χ4v) is 3.55. The van der Waals surface area contributed by atoms with E-state index in [9.17, 15) is 10.1 Å². The van der Waals surface area contributed by atoms with Gasteiger partial charge in [0.1, 0.15) is 12.4 Å². The van der Waals surface area contributed by atoms with E-state index in [-0.39, 0.29) is 11.4 Å².